The van der Waals surface area contributed by atoms with Crippen LogP contribution in [0.5, 0.6) is 0 Å². The summed E-state index contributed by atoms with van der Waals surface area (Å²) in [5.74, 6) is 0.457. The van der Waals surface area contributed by atoms with Crippen molar-refractivity contribution in [2.24, 2.45) is 0 Å². The van der Waals surface area contributed by atoms with Gasteiger partial charge in [0.25, 0.3) is 0 Å². The third-order valence-corrected chi connectivity index (χ3v) is 4.19. The maximum atomic E-state index is 5.73. The van der Waals surface area contributed by atoms with E-state index in [-0.39, 0.29) is 0 Å². The highest BCUT2D eigenvalue weighted by Gasteiger charge is 2.14. The third kappa shape index (κ3) is 7.96. The van der Waals surface area contributed by atoms with Gasteiger partial charge in [0.1, 0.15) is 0 Å². The molecule has 3 nitrogen and oxygen atoms in total. The lowest BCUT2D eigenvalue weighted by Gasteiger charge is -2.19. The number of nitrogens with one attached hydrogen (secondary N) is 1. The second-order valence-corrected chi connectivity index (χ2v) is 6.02. The summed E-state index contributed by atoms with van der Waals surface area (Å²) in [6, 6.07) is 8.45. The van der Waals surface area contributed by atoms with E-state index in [0.29, 0.717) is 5.92 Å². The van der Waals surface area contributed by atoms with Crippen molar-refractivity contribution < 1.29 is 9.47 Å². The molecule has 0 fully saturated rings. The standard InChI is InChI=1S/C17H28BrNO2/c1-3-4-11-21-12-9-15(14-19-10-13-20-2)16-7-5-6-8-17(16)18/h5-8,15,19H,3-4,9-14H2,1-2H3. The normalized spacial score (nSPS) is 12.5. The Morgan fingerprint density at radius 3 is 2.71 bits per heavy atom. The molecule has 0 aliphatic heterocycles. The minimum absolute atomic E-state index is 0.457. The van der Waals surface area contributed by atoms with E-state index in [1.54, 1.807) is 7.11 Å². The number of hydrogen-bond donors (Lipinski definition) is 1. The zero-order valence-corrected chi connectivity index (χ0v) is 14.8. The van der Waals surface area contributed by atoms with Crippen molar-refractivity contribution in [3.05, 3.63) is 34.3 Å². The Kier molecular flexibility index (Phi) is 10.8. The molecule has 1 atom stereocenters. The summed E-state index contributed by atoms with van der Waals surface area (Å²) in [6.45, 7) is 6.45. The lowest BCUT2D eigenvalue weighted by molar-refractivity contribution is 0.123. The molecule has 0 aliphatic rings. The molecule has 0 spiro atoms. The van der Waals surface area contributed by atoms with Crippen LogP contribution in [-0.2, 0) is 9.47 Å². The molecule has 0 aromatic heterocycles. The molecule has 0 amide bonds. The van der Waals surface area contributed by atoms with Gasteiger partial charge in [0.05, 0.1) is 6.61 Å². The van der Waals surface area contributed by atoms with Gasteiger partial charge in [-0.05, 0) is 30.4 Å². The van der Waals surface area contributed by atoms with Crippen molar-refractivity contribution in [3.8, 4) is 0 Å². The summed E-state index contributed by atoms with van der Waals surface area (Å²) in [5, 5.41) is 3.46. The van der Waals surface area contributed by atoms with Gasteiger partial charge in [-0.3, -0.25) is 0 Å². The summed E-state index contributed by atoms with van der Waals surface area (Å²) < 4.78 is 12.0. The Morgan fingerprint density at radius 1 is 1.19 bits per heavy atom. The molecule has 1 rings (SSSR count). The third-order valence-electron chi connectivity index (χ3n) is 3.47. The number of halogens is 1. The van der Waals surface area contributed by atoms with Gasteiger partial charge in [0.15, 0.2) is 0 Å². The smallest absolute Gasteiger partial charge is 0.0587 e. The van der Waals surface area contributed by atoms with Gasteiger partial charge < -0.3 is 14.8 Å². The fourth-order valence-electron chi connectivity index (χ4n) is 2.20. The van der Waals surface area contributed by atoms with Gasteiger partial charge >= 0.3 is 0 Å². The highest BCUT2D eigenvalue weighted by atomic mass is 79.9. The molecular formula is C17H28BrNO2. The quantitative estimate of drug-likeness (QED) is 0.574. The number of rotatable bonds is 12. The monoisotopic (exact) mass is 357 g/mol. The minimum atomic E-state index is 0.457. The van der Waals surface area contributed by atoms with E-state index in [4.69, 9.17) is 9.47 Å². The van der Waals surface area contributed by atoms with Gasteiger partial charge in [-0.25, -0.2) is 0 Å². The molecule has 0 saturated carbocycles. The SMILES string of the molecule is CCCCOCCC(CNCCOC)c1ccccc1Br. The molecule has 1 N–H and O–H groups in total. The van der Waals surface area contributed by atoms with Crippen LogP contribution in [0.2, 0.25) is 0 Å². The fraction of sp³-hybridized carbons (Fsp3) is 0.647. The zero-order valence-electron chi connectivity index (χ0n) is 13.2. The second kappa shape index (κ2) is 12.2. The predicted octanol–water partition coefficient (Wildman–Crippen LogP) is 3.98. The number of ether oxygens (including phenoxy) is 2. The molecule has 0 bridgehead atoms. The summed E-state index contributed by atoms with van der Waals surface area (Å²) in [4.78, 5) is 0. The molecule has 1 aromatic carbocycles. The van der Waals surface area contributed by atoms with Crippen molar-refractivity contribution in [2.45, 2.75) is 32.1 Å². The van der Waals surface area contributed by atoms with Gasteiger partial charge in [0, 0.05) is 37.9 Å². The van der Waals surface area contributed by atoms with Crippen molar-refractivity contribution in [3.63, 3.8) is 0 Å². The van der Waals surface area contributed by atoms with Gasteiger partial charge in [-0.1, -0.05) is 47.5 Å². The summed E-state index contributed by atoms with van der Waals surface area (Å²) >= 11 is 3.66. The molecule has 0 heterocycles. The van der Waals surface area contributed by atoms with Crippen LogP contribution >= 0.6 is 15.9 Å². The highest BCUT2D eigenvalue weighted by Crippen LogP contribution is 2.27. The Hall–Kier alpha value is -0.420. The summed E-state index contributed by atoms with van der Waals surface area (Å²) in [7, 11) is 1.73. The zero-order chi connectivity index (χ0) is 15.3. The number of unbranched alkanes of at least 4 members (excludes halogenated alkanes) is 1. The lowest BCUT2D eigenvalue weighted by Crippen LogP contribution is -2.26. The Labute approximate surface area is 137 Å². The first-order valence-corrected chi connectivity index (χ1v) is 8.60. The molecular weight excluding hydrogens is 330 g/mol. The first-order valence-electron chi connectivity index (χ1n) is 7.81. The van der Waals surface area contributed by atoms with E-state index < -0.39 is 0 Å². The van der Waals surface area contributed by atoms with Crippen LogP contribution in [0.25, 0.3) is 0 Å². The van der Waals surface area contributed by atoms with Crippen LogP contribution in [0, 0.1) is 0 Å². The van der Waals surface area contributed by atoms with Crippen LogP contribution in [-0.4, -0.2) is 40.0 Å². The van der Waals surface area contributed by atoms with Gasteiger partial charge in [-0.15, -0.1) is 0 Å². The Bertz CT molecular complexity index is 374. The molecule has 0 radical (unpaired) electrons. The number of methoxy groups -OCH3 is 1. The molecule has 4 heteroatoms. The average molecular weight is 358 g/mol. The summed E-state index contributed by atoms with van der Waals surface area (Å²) in [5.41, 5.74) is 1.35. The highest BCUT2D eigenvalue weighted by molar-refractivity contribution is 9.10. The van der Waals surface area contributed by atoms with E-state index in [2.05, 4.69) is 52.4 Å². The van der Waals surface area contributed by atoms with E-state index in [9.17, 15) is 0 Å². The largest absolute Gasteiger partial charge is 0.383 e. The van der Waals surface area contributed by atoms with Crippen LogP contribution in [0.4, 0.5) is 0 Å². The lowest BCUT2D eigenvalue weighted by atomic mass is 9.96. The fourth-order valence-corrected chi connectivity index (χ4v) is 2.81. The van der Waals surface area contributed by atoms with Crippen molar-refractivity contribution in [2.75, 3.05) is 40.0 Å². The molecule has 0 aliphatic carbocycles. The van der Waals surface area contributed by atoms with E-state index in [1.807, 2.05) is 0 Å². The van der Waals surface area contributed by atoms with E-state index in [1.165, 1.54) is 16.5 Å². The van der Waals surface area contributed by atoms with Crippen LogP contribution in [0.1, 0.15) is 37.7 Å². The second-order valence-electron chi connectivity index (χ2n) is 5.17. The Morgan fingerprint density at radius 2 is 2.00 bits per heavy atom. The molecule has 120 valence electrons. The van der Waals surface area contributed by atoms with E-state index >= 15 is 0 Å². The maximum absolute atomic E-state index is 5.73. The maximum Gasteiger partial charge on any atom is 0.0587 e. The topological polar surface area (TPSA) is 30.5 Å². The molecule has 1 aromatic rings. The van der Waals surface area contributed by atoms with Crippen LogP contribution in [0.15, 0.2) is 28.7 Å². The minimum Gasteiger partial charge on any atom is -0.383 e. The molecule has 0 saturated heterocycles. The first-order chi connectivity index (χ1) is 10.3. The number of benzene rings is 1. The van der Waals surface area contributed by atoms with Crippen LogP contribution < -0.4 is 5.32 Å². The predicted molar refractivity (Wildman–Crippen MR) is 92.0 cm³/mol. The Balaban J connectivity index is 2.47. The first kappa shape index (κ1) is 18.6. The van der Waals surface area contributed by atoms with Crippen LogP contribution in [0.3, 0.4) is 0 Å². The molecule has 1 unspecified atom stereocenters. The summed E-state index contributed by atoms with van der Waals surface area (Å²) in [6.07, 6.45) is 3.37. The number of hydrogen-bond acceptors (Lipinski definition) is 3. The van der Waals surface area contributed by atoms with Gasteiger partial charge in [-0.2, -0.15) is 0 Å². The van der Waals surface area contributed by atoms with Crippen molar-refractivity contribution >= 4 is 15.9 Å². The van der Waals surface area contributed by atoms with Crippen molar-refractivity contribution in [1.29, 1.82) is 0 Å². The van der Waals surface area contributed by atoms with E-state index in [0.717, 1.165) is 45.8 Å². The van der Waals surface area contributed by atoms with Crippen molar-refractivity contribution in [1.82, 2.24) is 5.32 Å². The molecule has 21 heavy (non-hydrogen) atoms. The average Bonchev–Trinajstić information content (AvgIpc) is 2.50. The van der Waals surface area contributed by atoms with Gasteiger partial charge in [0.2, 0.25) is 0 Å².